The summed E-state index contributed by atoms with van der Waals surface area (Å²) in [4.78, 5) is 11.9. The fourth-order valence-electron chi connectivity index (χ4n) is 1.98. The smallest absolute Gasteiger partial charge is 0.409 e. The molecule has 0 saturated carbocycles. The first kappa shape index (κ1) is 15.9. The lowest BCUT2D eigenvalue weighted by Gasteiger charge is -2.26. The molecule has 5 nitrogen and oxygen atoms in total. The zero-order valence-corrected chi connectivity index (χ0v) is 12.7. The van der Waals surface area contributed by atoms with E-state index in [0.29, 0.717) is 0 Å². The van der Waals surface area contributed by atoms with Crippen molar-refractivity contribution >= 4 is 6.09 Å². The van der Waals surface area contributed by atoms with Crippen LogP contribution in [0.1, 0.15) is 18.1 Å². The lowest BCUT2D eigenvalue weighted by atomic mass is 10.0. The lowest BCUT2D eigenvalue weighted by Crippen LogP contribution is -2.50. The van der Waals surface area contributed by atoms with Gasteiger partial charge in [0.1, 0.15) is 18.0 Å². The molecule has 0 aliphatic rings. The van der Waals surface area contributed by atoms with Crippen LogP contribution < -0.4 is 15.8 Å². The van der Waals surface area contributed by atoms with Gasteiger partial charge < -0.3 is 15.2 Å². The van der Waals surface area contributed by atoms with Crippen LogP contribution in [0.25, 0.3) is 0 Å². The summed E-state index contributed by atoms with van der Waals surface area (Å²) in [5, 5.41) is 2.66. The first-order valence-corrected chi connectivity index (χ1v) is 6.93. The number of hydrogen-bond donors (Lipinski definition) is 2. The Morgan fingerprint density at radius 2 is 1.77 bits per heavy atom. The molecule has 0 aromatic heterocycles. The predicted molar refractivity (Wildman–Crippen MR) is 84.3 cm³/mol. The summed E-state index contributed by atoms with van der Waals surface area (Å²) < 4.78 is 10.3. The minimum atomic E-state index is -1.03. The Bertz CT molecular complexity index is 610. The van der Waals surface area contributed by atoms with Gasteiger partial charge in [0.05, 0.1) is 7.11 Å². The number of nitrogens with one attached hydrogen (secondary N) is 1. The molecule has 0 unspecified atom stereocenters. The van der Waals surface area contributed by atoms with Gasteiger partial charge in [0.25, 0.3) is 0 Å². The minimum Gasteiger partial charge on any atom is -0.497 e. The zero-order chi connectivity index (χ0) is 16.0. The number of ether oxygens (including phenoxy) is 2. The van der Waals surface area contributed by atoms with Gasteiger partial charge in [-0.25, -0.2) is 4.79 Å². The maximum absolute atomic E-state index is 11.9. The van der Waals surface area contributed by atoms with Gasteiger partial charge in [0, 0.05) is 0 Å². The maximum Gasteiger partial charge on any atom is 0.409 e. The molecular formula is C17H20N2O3. The molecule has 22 heavy (non-hydrogen) atoms. The van der Waals surface area contributed by atoms with Gasteiger partial charge >= 0.3 is 6.09 Å². The van der Waals surface area contributed by atoms with Crippen molar-refractivity contribution < 1.29 is 14.3 Å². The average Bonchev–Trinajstić information content (AvgIpc) is 2.53. The molecule has 0 radical (unpaired) electrons. The van der Waals surface area contributed by atoms with E-state index in [4.69, 9.17) is 15.2 Å². The highest BCUT2D eigenvalue weighted by molar-refractivity contribution is 5.68. The molecule has 1 atom stereocenters. The van der Waals surface area contributed by atoms with Gasteiger partial charge in [-0.15, -0.1) is 0 Å². The second-order valence-electron chi connectivity index (χ2n) is 5.12. The number of carbonyl (C=O) groups is 1. The third-order valence-corrected chi connectivity index (χ3v) is 3.26. The fourth-order valence-corrected chi connectivity index (χ4v) is 1.98. The highest BCUT2D eigenvalue weighted by Crippen LogP contribution is 2.19. The SMILES string of the molecule is COc1ccc([C@@](C)(N)NC(=O)OCc2ccccc2)cc1. The van der Waals surface area contributed by atoms with Crippen molar-refractivity contribution in [1.29, 1.82) is 0 Å². The van der Waals surface area contributed by atoms with E-state index in [2.05, 4.69) is 5.32 Å². The number of alkyl carbamates (subject to hydrolysis) is 1. The van der Waals surface area contributed by atoms with Crippen LogP contribution in [-0.2, 0) is 17.0 Å². The molecule has 2 aromatic rings. The summed E-state index contributed by atoms with van der Waals surface area (Å²) in [6.07, 6.45) is -0.565. The number of rotatable bonds is 5. The molecule has 2 aromatic carbocycles. The van der Waals surface area contributed by atoms with Crippen molar-refractivity contribution in [3.8, 4) is 5.75 Å². The van der Waals surface area contributed by atoms with Crippen molar-refractivity contribution in [2.75, 3.05) is 7.11 Å². The Morgan fingerprint density at radius 1 is 1.14 bits per heavy atom. The summed E-state index contributed by atoms with van der Waals surface area (Å²) >= 11 is 0. The van der Waals surface area contributed by atoms with Crippen molar-refractivity contribution in [3.63, 3.8) is 0 Å². The minimum absolute atomic E-state index is 0.200. The molecule has 2 rings (SSSR count). The van der Waals surface area contributed by atoms with Crippen LogP contribution in [0.3, 0.4) is 0 Å². The lowest BCUT2D eigenvalue weighted by molar-refractivity contribution is 0.128. The summed E-state index contributed by atoms with van der Waals surface area (Å²) in [6.45, 7) is 1.91. The van der Waals surface area contributed by atoms with Crippen LogP contribution in [0.2, 0.25) is 0 Å². The Labute approximate surface area is 130 Å². The van der Waals surface area contributed by atoms with E-state index in [9.17, 15) is 4.79 Å². The highest BCUT2D eigenvalue weighted by atomic mass is 16.5. The quantitative estimate of drug-likeness (QED) is 0.833. The molecule has 0 heterocycles. The summed E-state index contributed by atoms with van der Waals surface area (Å²) in [5.41, 5.74) is 6.79. The number of hydrogen-bond acceptors (Lipinski definition) is 4. The summed E-state index contributed by atoms with van der Waals surface area (Å²) in [6, 6.07) is 16.6. The topological polar surface area (TPSA) is 73.6 Å². The zero-order valence-electron chi connectivity index (χ0n) is 12.7. The van der Waals surface area contributed by atoms with E-state index in [1.165, 1.54) is 0 Å². The Kier molecular flexibility index (Phi) is 5.01. The predicted octanol–water partition coefficient (Wildman–Crippen LogP) is 2.75. The van der Waals surface area contributed by atoms with E-state index < -0.39 is 11.8 Å². The number of carbonyl (C=O) groups excluding carboxylic acids is 1. The van der Waals surface area contributed by atoms with Gasteiger partial charge in [-0.3, -0.25) is 5.32 Å². The second kappa shape index (κ2) is 6.95. The molecule has 5 heteroatoms. The number of benzene rings is 2. The van der Waals surface area contributed by atoms with E-state index in [-0.39, 0.29) is 6.61 Å². The van der Waals surface area contributed by atoms with Crippen molar-refractivity contribution in [1.82, 2.24) is 5.32 Å². The van der Waals surface area contributed by atoms with Crippen molar-refractivity contribution in [2.24, 2.45) is 5.73 Å². The number of nitrogens with two attached hydrogens (primary N) is 1. The van der Waals surface area contributed by atoms with E-state index in [1.54, 1.807) is 38.3 Å². The highest BCUT2D eigenvalue weighted by Gasteiger charge is 2.24. The molecule has 116 valence electrons. The van der Waals surface area contributed by atoms with Gasteiger partial charge in [-0.05, 0) is 30.2 Å². The summed E-state index contributed by atoms with van der Waals surface area (Å²) in [5.74, 6) is 0.728. The average molecular weight is 300 g/mol. The maximum atomic E-state index is 11.9. The first-order valence-electron chi connectivity index (χ1n) is 6.93. The number of amides is 1. The van der Waals surface area contributed by atoms with Crippen LogP contribution >= 0.6 is 0 Å². The van der Waals surface area contributed by atoms with Crippen LogP contribution in [0.15, 0.2) is 54.6 Å². The Hall–Kier alpha value is -2.53. The third-order valence-electron chi connectivity index (χ3n) is 3.26. The largest absolute Gasteiger partial charge is 0.497 e. The molecule has 0 aliphatic heterocycles. The van der Waals surface area contributed by atoms with Crippen molar-refractivity contribution in [2.45, 2.75) is 19.2 Å². The third kappa shape index (κ3) is 4.23. The molecule has 0 saturated heterocycles. The first-order chi connectivity index (χ1) is 10.5. The molecule has 0 aliphatic carbocycles. The normalized spacial score (nSPS) is 13.0. The van der Waals surface area contributed by atoms with Crippen LogP contribution in [0, 0.1) is 0 Å². The van der Waals surface area contributed by atoms with Gasteiger partial charge in [0.2, 0.25) is 0 Å². The van der Waals surface area contributed by atoms with Crippen LogP contribution in [0.5, 0.6) is 5.75 Å². The van der Waals surface area contributed by atoms with Gasteiger partial charge in [0.15, 0.2) is 0 Å². The van der Waals surface area contributed by atoms with E-state index >= 15 is 0 Å². The van der Waals surface area contributed by atoms with Gasteiger partial charge in [-0.1, -0.05) is 42.5 Å². The van der Waals surface area contributed by atoms with Gasteiger partial charge in [-0.2, -0.15) is 0 Å². The van der Waals surface area contributed by atoms with E-state index in [0.717, 1.165) is 16.9 Å². The molecule has 0 bridgehead atoms. The molecule has 0 spiro atoms. The molecule has 3 N–H and O–H groups in total. The number of methoxy groups -OCH3 is 1. The van der Waals surface area contributed by atoms with Crippen molar-refractivity contribution in [3.05, 3.63) is 65.7 Å². The van der Waals surface area contributed by atoms with Crippen LogP contribution in [-0.4, -0.2) is 13.2 Å². The van der Waals surface area contributed by atoms with Crippen LogP contribution in [0.4, 0.5) is 4.79 Å². The Morgan fingerprint density at radius 3 is 2.36 bits per heavy atom. The summed E-state index contributed by atoms with van der Waals surface area (Å²) in [7, 11) is 1.59. The standard InChI is InChI=1S/C17H20N2O3/c1-17(18,14-8-10-15(21-2)11-9-14)19-16(20)22-12-13-6-4-3-5-7-13/h3-11H,12,18H2,1-2H3,(H,19,20)/t17-/m0/s1. The fraction of sp³-hybridized carbons (Fsp3) is 0.235. The Balaban J connectivity index is 1.93. The molecule has 1 amide bonds. The molecular weight excluding hydrogens is 280 g/mol. The molecule has 0 fully saturated rings. The van der Waals surface area contributed by atoms with E-state index in [1.807, 2.05) is 30.3 Å². The second-order valence-corrected chi connectivity index (χ2v) is 5.12. The monoisotopic (exact) mass is 300 g/mol.